The summed E-state index contributed by atoms with van der Waals surface area (Å²) in [7, 11) is -2.19. The number of methoxy groups -OCH3 is 1. The fraction of sp³-hybridized carbons (Fsp3) is 0.400. The topological polar surface area (TPSA) is 68.3 Å². The van der Waals surface area contributed by atoms with Crippen LogP contribution < -0.4 is 14.2 Å². The highest BCUT2D eigenvalue weighted by atomic mass is 32.2. The number of hydrogen-bond acceptors (Lipinski definition) is 6. The summed E-state index contributed by atoms with van der Waals surface area (Å²) in [6.45, 7) is 10.1. The predicted octanol–water partition coefficient (Wildman–Crippen LogP) is 4.92. The predicted molar refractivity (Wildman–Crippen MR) is 150 cm³/mol. The molecule has 3 aromatic rings. The minimum atomic E-state index is -3.78. The van der Waals surface area contributed by atoms with Crippen LogP contribution >= 0.6 is 0 Å². The first kappa shape index (κ1) is 28.0. The molecular weight excluding hydrogens is 500 g/mol. The molecule has 0 saturated heterocycles. The van der Waals surface area contributed by atoms with Gasteiger partial charge in [0.05, 0.1) is 18.0 Å². The lowest BCUT2D eigenvalue weighted by Crippen LogP contribution is -2.43. The Hall–Kier alpha value is -3.07. The minimum absolute atomic E-state index is 0.194. The van der Waals surface area contributed by atoms with E-state index in [0.29, 0.717) is 24.5 Å². The maximum atomic E-state index is 13.9. The van der Waals surface area contributed by atoms with E-state index in [1.807, 2.05) is 61.5 Å². The maximum Gasteiger partial charge on any atom is 0.243 e. The van der Waals surface area contributed by atoms with E-state index >= 15 is 0 Å². The third-order valence-corrected chi connectivity index (χ3v) is 8.94. The molecule has 0 amide bonds. The van der Waals surface area contributed by atoms with Crippen molar-refractivity contribution in [2.24, 2.45) is 0 Å². The molecular formula is C30H38N2O5S. The molecule has 1 atom stereocenters. The fourth-order valence-corrected chi connectivity index (χ4v) is 6.27. The molecule has 0 bridgehead atoms. The van der Waals surface area contributed by atoms with E-state index in [9.17, 15) is 8.42 Å². The molecule has 0 saturated carbocycles. The summed E-state index contributed by atoms with van der Waals surface area (Å²) in [6, 6.07) is 20.1. The number of hydrogen-bond donors (Lipinski definition) is 0. The normalized spacial score (nSPS) is 16.0. The Morgan fingerprint density at radius 3 is 2.37 bits per heavy atom. The Kier molecular flexibility index (Phi) is 9.31. The van der Waals surface area contributed by atoms with Gasteiger partial charge in [0.15, 0.2) is 11.5 Å². The first-order chi connectivity index (χ1) is 18.3. The van der Waals surface area contributed by atoms with Crippen LogP contribution in [0.25, 0.3) is 0 Å². The van der Waals surface area contributed by atoms with Crippen LogP contribution in [-0.4, -0.2) is 63.6 Å². The zero-order valence-corrected chi connectivity index (χ0v) is 23.5. The summed E-state index contributed by atoms with van der Waals surface area (Å²) in [5.41, 5.74) is 2.80. The Balaban J connectivity index is 1.57. The van der Waals surface area contributed by atoms with Crippen LogP contribution in [-0.2, 0) is 23.0 Å². The Morgan fingerprint density at radius 2 is 1.71 bits per heavy atom. The van der Waals surface area contributed by atoms with Crippen LogP contribution in [0, 0.1) is 6.92 Å². The van der Waals surface area contributed by atoms with E-state index < -0.39 is 16.1 Å². The van der Waals surface area contributed by atoms with Crippen molar-refractivity contribution in [1.29, 1.82) is 0 Å². The van der Waals surface area contributed by atoms with Gasteiger partial charge in [-0.3, -0.25) is 0 Å². The highest BCUT2D eigenvalue weighted by Crippen LogP contribution is 2.37. The van der Waals surface area contributed by atoms with E-state index in [4.69, 9.17) is 14.2 Å². The maximum absolute atomic E-state index is 13.9. The van der Waals surface area contributed by atoms with Gasteiger partial charge in [0.2, 0.25) is 10.0 Å². The van der Waals surface area contributed by atoms with Crippen LogP contribution in [0.3, 0.4) is 0 Å². The number of fused-ring (bicyclic) bond motifs is 1. The number of nitrogens with zero attached hydrogens (tertiary/aromatic N) is 2. The highest BCUT2D eigenvalue weighted by Gasteiger charge is 2.35. The first-order valence-corrected chi connectivity index (χ1v) is 14.6. The SMILES string of the molecule is CCN(CC)CCOc1ccc(C[C@H]2COc3c(cccc3OC)CN2S(=O)(=O)c2ccc(C)cc2)cc1. The smallest absolute Gasteiger partial charge is 0.243 e. The molecule has 4 rings (SSSR count). The van der Waals surface area contributed by atoms with Gasteiger partial charge in [-0.1, -0.05) is 55.8 Å². The van der Waals surface area contributed by atoms with Crippen molar-refractivity contribution in [2.45, 2.75) is 44.7 Å². The Labute approximate surface area is 227 Å². The standard InChI is InChI=1S/C30H38N2O5S/c1-5-31(6-2)18-19-36-27-14-12-24(13-15-27)20-26-22-37-30-25(8-7-9-29(30)35-4)21-32(26)38(33,34)28-16-10-23(3)11-17-28/h7-17,26H,5-6,18-22H2,1-4H3/t26-/m0/s1. The molecule has 0 fully saturated rings. The average molecular weight is 539 g/mol. The molecule has 0 radical (unpaired) electrons. The van der Waals surface area contributed by atoms with E-state index in [-0.39, 0.29) is 18.0 Å². The molecule has 1 aliphatic rings. The second-order valence-corrected chi connectivity index (χ2v) is 11.4. The van der Waals surface area contributed by atoms with Crippen molar-refractivity contribution in [3.63, 3.8) is 0 Å². The molecule has 8 heteroatoms. The largest absolute Gasteiger partial charge is 0.493 e. The van der Waals surface area contributed by atoms with Crippen molar-refractivity contribution in [2.75, 3.05) is 40.0 Å². The summed E-state index contributed by atoms with van der Waals surface area (Å²) in [4.78, 5) is 2.59. The van der Waals surface area contributed by atoms with Crippen LogP contribution in [0.15, 0.2) is 71.6 Å². The van der Waals surface area contributed by atoms with Crippen LogP contribution in [0.5, 0.6) is 17.2 Å². The van der Waals surface area contributed by atoms with Crippen LogP contribution in [0.2, 0.25) is 0 Å². The van der Waals surface area contributed by atoms with Crippen molar-refractivity contribution in [3.05, 3.63) is 83.4 Å². The molecule has 1 aliphatic heterocycles. The lowest BCUT2D eigenvalue weighted by atomic mass is 10.1. The van der Waals surface area contributed by atoms with Gasteiger partial charge in [0.1, 0.15) is 19.0 Å². The van der Waals surface area contributed by atoms with Gasteiger partial charge in [-0.2, -0.15) is 4.31 Å². The first-order valence-electron chi connectivity index (χ1n) is 13.2. The highest BCUT2D eigenvalue weighted by molar-refractivity contribution is 7.89. The summed E-state index contributed by atoms with van der Waals surface area (Å²) in [5, 5.41) is 0. The van der Waals surface area contributed by atoms with Crippen LogP contribution in [0.4, 0.5) is 0 Å². The molecule has 0 aromatic heterocycles. The van der Waals surface area contributed by atoms with Crippen molar-refractivity contribution < 1.29 is 22.6 Å². The third kappa shape index (κ3) is 6.49. The number of rotatable bonds is 11. The molecule has 0 spiro atoms. The number of sulfonamides is 1. The van der Waals surface area contributed by atoms with E-state index in [0.717, 1.165) is 42.1 Å². The quantitative estimate of drug-likeness (QED) is 0.345. The Morgan fingerprint density at radius 1 is 1.00 bits per heavy atom. The van der Waals surface area contributed by atoms with Gasteiger partial charge in [0, 0.05) is 18.7 Å². The summed E-state index contributed by atoms with van der Waals surface area (Å²) >= 11 is 0. The van der Waals surface area contributed by atoms with E-state index in [1.54, 1.807) is 23.5 Å². The number of likely N-dealkylation sites (N-methyl/N-ethyl adjacent to an activating group) is 1. The van der Waals surface area contributed by atoms with E-state index in [1.165, 1.54) is 0 Å². The minimum Gasteiger partial charge on any atom is -0.493 e. The molecule has 7 nitrogen and oxygen atoms in total. The third-order valence-electron chi connectivity index (χ3n) is 7.03. The fourth-order valence-electron chi connectivity index (χ4n) is 4.68. The van der Waals surface area contributed by atoms with Crippen molar-refractivity contribution >= 4 is 10.0 Å². The molecule has 0 aliphatic carbocycles. The molecule has 0 N–H and O–H groups in total. The second kappa shape index (κ2) is 12.7. The van der Waals surface area contributed by atoms with Gasteiger partial charge in [-0.25, -0.2) is 8.42 Å². The Bertz CT molecular complexity index is 1290. The lowest BCUT2D eigenvalue weighted by molar-refractivity contribution is 0.214. The molecule has 3 aromatic carbocycles. The number of benzene rings is 3. The zero-order valence-electron chi connectivity index (χ0n) is 22.7. The average Bonchev–Trinajstić information content (AvgIpc) is 3.12. The number of para-hydroxylation sites is 1. The summed E-state index contributed by atoms with van der Waals surface area (Å²) < 4.78 is 47.0. The van der Waals surface area contributed by atoms with Gasteiger partial charge in [0.25, 0.3) is 0 Å². The lowest BCUT2D eigenvalue weighted by Gasteiger charge is -2.28. The van der Waals surface area contributed by atoms with Crippen LogP contribution in [0.1, 0.15) is 30.5 Å². The summed E-state index contributed by atoms with van der Waals surface area (Å²) in [6.07, 6.45) is 0.501. The van der Waals surface area contributed by atoms with Gasteiger partial charge in [-0.05, 0) is 62.3 Å². The van der Waals surface area contributed by atoms with Crippen molar-refractivity contribution in [1.82, 2.24) is 9.21 Å². The number of aryl methyl sites for hydroxylation is 1. The number of ether oxygens (including phenoxy) is 3. The van der Waals surface area contributed by atoms with E-state index in [2.05, 4.69) is 18.7 Å². The van der Waals surface area contributed by atoms with Gasteiger partial charge >= 0.3 is 0 Å². The summed E-state index contributed by atoms with van der Waals surface area (Å²) in [5.74, 6) is 2.00. The zero-order chi connectivity index (χ0) is 27.1. The second-order valence-electron chi connectivity index (χ2n) is 9.50. The van der Waals surface area contributed by atoms with Crippen molar-refractivity contribution in [3.8, 4) is 17.2 Å². The molecule has 0 unspecified atom stereocenters. The molecule has 38 heavy (non-hydrogen) atoms. The monoisotopic (exact) mass is 538 g/mol. The van der Waals surface area contributed by atoms with Gasteiger partial charge in [-0.15, -0.1) is 0 Å². The molecule has 204 valence electrons. The molecule has 1 heterocycles. The van der Waals surface area contributed by atoms with Gasteiger partial charge < -0.3 is 19.1 Å².